The number of benzene rings is 1. The minimum absolute atomic E-state index is 0.757. The Morgan fingerprint density at radius 2 is 2.10 bits per heavy atom. The fourth-order valence-electron chi connectivity index (χ4n) is 1.92. The van der Waals surface area contributed by atoms with Crippen molar-refractivity contribution in [3.05, 3.63) is 36.4 Å². The summed E-state index contributed by atoms with van der Waals surface area (Å²) < 4.78 is 7.03. The number of rotatable bonds is 4. The van der Waals surface area contributed by atoms with Crippen LogP contribution in [0, 0.1) is 0 Å². The van der Waals surface area contributed by atoms with E-state index in [-0.39, 0.29) is 0 Å². The van der Waals surface area contributed by atoms with Crippen molar-refractivity contribution in [1.82, 2.24) is 19.8 Å². The van der Waals surface area contributed by atoms with Gasteiger partial charge >= 0.3 is 0 Å². The Morgan fingerprint density at radius 3 is 2.90 bits per heavy atom. The Bertz CT molecular complexity index is 741. The maximum Gasteiger partial charge on any atom is 0.212 e. The first-order valence-corrected chi connectivity index (χ1v) is 7.30. The third-order valence-electron chi connectivity index (χ3n) is 2.87. The van der Waals surface area contributed by atoms with E-state index in [2.05, 4.69) is 22.2 Å². The number of aromatic nitrogens is 4. The maximum atomic E-state index is 5.25. The van der Waals surface area contributed by atoms with Crippen LogP contribution in [0.2, 0.25) is 0 Å². The summed E-state index contributed by atoms with van der Waals surface area (Å²) in [7, 11) is 1.66. The maximum absolute atomic E-state index is 5.25. The van der Waals surface area contributed by atoms with Gasteiger partial charge in [-0.1, -0.05) is 30.8 Å². The van der Waals surface area contributed by atoms with Crippen molar-refractivity contribution in [3.8, 4) is 17.0 Å². The number of thioether (sulfide) groups is 1. The molecule has 102 valence electrons. The molecular weight excluding hydrogens is 272 g/mol. The van der Waals surface area contributed by atoms with E-state index < -0.39 is 0 Å². The molecule has 1 aromatic carbocycles. The molecule has 0 unspecified atom stereocenters. The number of hydrogen-bond acceptors (Lipinski definition) is 5. The van der Waals surface area contributed by atoms with Gasteiger partial charge in [-0.15, -0.1) is 10.2 Å². The van der Waals surface area contributed by atoms with E-state index in [1.54, 1.807) is 23.4 Å². The van der Waals surface area contributed by atoms with Crippen LogP contribution in [0.5, 0.6) is 5.75 Å². The molecule has 0 saturated heterocycles. The highest BCUT2D eigenvalue weighted by Crippen LogP contribution is 2.23. The zero-order chi connectivity index (χ0) is 13.9. The van der Waals surface area contributed by atoms with Gasteiger partial charge in [-0.2, -0.15) is 9.61 Å². The molecule has 0 fully saturated rings. The molecule has 5 nitrogen and oxygen atoms in total. The quantitative estimate of drug-likeness (QED) is 0.690. The summed E-state index contributed by atoms with van der Waals surface area (Å²) in [6.07, 6.45) is 0. The fraction of sp³-hybridized carbons (Fsp3) is 0.214. The molecule has 3 rings (SSSR count). The fourth-order valence-corrected chi connectivity index (χ4v) is 2.54. The van der Waals surface area contributed by atoms with Crippen molar-refractivity contribution in [1.29, 1.82) is 0 Å². The van der Waals surface area contributed by atoms with Crippen molar-refractivity contribution in [2.45, 2.75) is 12.1 Å². The van der Waals surface area contributed by atoms with Crippen molar-refractivity contribution in [3.63, 3.8) is 0 Å². The minimum Gasteiger partial charge on any atom is -0.497 e. The summed E-state index contributed by atoms with van der Waals surface area (Å²) >= 11 is 1.63. The Labute approximate surface area is 121 Å². The molecule has 0 atom stereocenters. The van der Waals surface area contributed by atoms with Crippen molar-refractivity contribution in [2.24, 2.45) is 0 Å². The molecule has 3 aromatic rings. The Hall–Kier alpha value is -2.08. The van der Waals surface area contributed by atoms with Gasteiger partial charge in [0.2, 0.25) is 5.16 Å². The lowest BCUT2D eigenvalue weighted by Gasteiger charge is -2.05. The Kier molecular flexibility index (Phi) is 3.56. The van der Waals surface area contributed by atoms with Crippen LogP contribution in [0.4, 0.5) is 0 Å². The van der Waals surface area contributed by atoms with Crippen molar-refractivity contribution < 1.29 is 4.74 Å². The average Bonchev–Trinajstić information content (AvgIpc) is 2.90. The second-order valence-electron chi connectivity index (χ2n) is 4.14. The highest BCUT2D eigenvalue weighted by Gasteiger charge is 2.08. The second-order valence-corrected chi connectivity index (χ2v) is 5.37. The predicted octanol–water partition coefficient (Wildman–Crippen LogP) is 2.91. The molecule has 0 radical (unpaired) electrons. The first-order valence-electron chi connectivity index (χ1n) is 6.31. The van der Waals surface area contributed by atoms with Gasteiger partial charge in [0, 0.05) is 5.56 Å². The van der Waals surface area contributed by atoms with Crippen LogP contribution < -0.4 is 4.74 Å². The van der Waals surface area contributed by atoms with E-state index in [9.17, 15) is 0 Å². The van der Waals surface area contributed by atoms with Crippen LogP contribution in [0.15, 0.2) is 41.6 Å². The molecule has 0 aliphatic rings. The molecule has 2 heterocycles. The van der Waals surface area contributed by atoms with Gasteiger partial charge < -0.3 is 4.74 Å². The van der Waals surface area contributed by atoms with E-state index in [1.807, 2.05) is 36.4 Å². The summed E-state index contributed by atoms with van der Waals surface area (Å²) in [5.74, 6) is 1.75. The van der Waals surface area contributed by atoms with Gasteiger partial charge in [0.05, 0.1) is 12.8 Å². The standard InChI is InChI=1S/C14H14N4OS/c1-3-20-14-16-15-13-8-7-12(17-18(13)14)10-5-4-6-11(9-10)19-2/h4-9H,3H2,1-2H3. The largest absolute Gasteiger partial charge is 0.497 e. The average molecular weight is 286 g/mol. The third-order valence-corrected chi connectivity index (χ3v) is 3.67. The van der Waals surface area contributed by atoms with Crippen LogP contribution in [-0.2, 0) is 0 Å². The molecule has 0 saturated carbocycles. The lowest BCUT2D eigenvalue weighted by molar-refractivity contribution is 0.415. The lowest BCUT2D eigenvalue weighted by atomic mass is 10.1. The van der Waals surface area contributed by atoms with E-state index in [1.165, 1.54) is 0 Å². The number of ether oxygens (including phenoxy) is 1. The van der Waals surface area contributed by atoms with Gasteiger partial charge in [-0.05, 0) is 30.0 Å². The first kappa shape index (κ1) is 12.9. The minimum atomic E-state index is 0.757. The topological polar surface area (TPSA) is 52.3 Å². The highest BCUT2D eigenvalue weighted by atomic mass is 32.2. The zero-order valence-electron chi connectivity index (χ0n) is 11.3. The number of fused-ring (bicyclic) bond motifs is 1. The second kappa shape index (κ2) is 5.50. The molecular formula is C14H14N4OS. The van der Waals surface area contributed by atoms with Gasteiger partial charge in [-0.25, -0.2) is 0 Å². The van der Waals surface area contributed by atoms with Gasteiger partial charge in [-0.3, -0.25) is 0 Å². The summed E-state index contributed by atoms with van der Waals surface area (Å²) in [6, 6.07) is 11.7. The van der Waals surface area contributed by atoms with Gasteiger partial charge in [0.25, 0.3) is 0 Å². The monoisotopic (exact) mass is 286 g/mol. The van der Waals surface area contributed by atoms with Gasteiger partial charge in [0.15, 0.2) is 5.65 Å². The smallest absolute Gasteiger partial charge is 0.212 e. The first-order chi connectivity index (χ1) is 9.81. The lowest BCUT2D eigenvalue weighted by Crippen LogP contribution is -1.96. The molecule has 0 aliphatic heterocycles. The molecule has 2 aromatic heterocycles. The summed E-state index contributed by atoms with van der Waals surface area (Å²) in [5, 5.41) is 13.7. The van der Waals surface area contributed by atoms with Gasteiger partial charge in [0.1, 0.15) is 5.75 Å². The molecule has 0 spiro atoms. The number of methoxy groups -OCH3 is 1. The summed E-state index contributed by atoms with van der Waals surface area (Å²) in [4.78, 5) is 0. The summed E-state index contributed by atoms with van der Waals surface area (Å²) in [6.45, 7) is 2.08. The molecule has 0 N–H and O–H groups in total. The van der Waals surface area contributed by atoms with E-state index >= 15 is 0 Å². The Balaban J connectivity index is 2.09. The molecule has 0 bridgehead atoms. The van der Waals surface area contributed by atoms with Crippen molar-refractivity contribution >= 4 is 17.4 Å². The highest BCUT2D eigenvalue weighted by molar-refractivity contribution is 7.99. The zero-order valence-corrected chi connectivity index (χ0v) is 12.1. The molecule has 20 heavy (non-hydrogen) atoms. The molecule has 0 amide bonds. The van der Waals surface area contributed by atoms with E-state index in [0.29, 0.717) is 0 Å². The van der Waals surface area contributed by atoms with Crippen LogP contribution in [0.1, 0.15) is 6.92 Å². The SMILES string of the molecule is CCSc1nnc2ccc(-c3cccc(OC)c3)nn12. The van der Waals surface area contributed by atoms with Crippen LogP contribution >= 0.6 is 11.8 Å². The van der Waals surface area contributed by atoms with Crippen molar-refractivity contribution in [2.75, 3.05) is 12.9 Å². The van der Waals surface area contributed by atoms with E-state index in [4.69, 9.17) is 4.74 Å². The third kappa shape index (κ3) is 2.34. The summed E-state index contributed by atoms with van der Waals surface area (Å²) in [5.41, 5.74) is 2.63. The predicted molar refractivity (Wildman–Crippen MR) is 79.2 cm³/mol. The normalized spacial score (nSPS) is 10.9. The Morgan fingerprint density at radius 1 is 1.20 bits per heavy atom. The number of hydrogen-bond donors (Lipinski definition) is 0. The van der Waals surface area contributed by atoms with Crippen LogP contribution in [-0.4, -0.2) is 32.7 Å². The molecule has 6 heteroatoms. The van der Waals surface area contributed by atoms with Crippen LogP contribution in [0.25, 0.3) is 16.9 Å². The molecule has 0 aliphatic carbocycles. The van der Waals surface area contributed by atoms with E-state index in [0.717, 1.165) is 33.6 Å². The van der Waals surface area contributed by atoms with Crippen LogP contribution in [0.3, 0.4) is 0 Å². The number of nitrogens with zero attached hydrogens (tertiary/aromatic N) is 4.